The van der Waals surface area contributed by atoms with Gasteiger partial charge in [-0.1, -0.05) is 39.6 Å². The summed E-state index contributed by atoms with van der Waals surface area (Å²) in [7, 11) is 0. The molecule has 0 bridgehead atoms. The highest BCUT2D eigenvalue weighted by molar-refractivity contribution is 5.13. The fraction of sp³-hybridized carbons (Fsp3) is 0.412. The summed E-state index contributed by atoms with van der Waals surface area (Å²) < 4.78 is 20.2. The van der Waals surface area contributed by atoms with Crippen molar-refractivity contribution >= 4 is 0 Å². The van der Waals surface area contributed by atoms with E-state index in [2.05, 4.69) is 0 Å². The summed E-state index contributed by atoms with van der Waals surface area (Å²) in [6.07, 6.45) is 3.93. The monoisotopic (exact) mass is 318 g/mol. The second-order valence-corrected chi connectivity index (χ2v) is 5.94. The van der Waals surface area contributed by atoms with Crippen molar-refractivity contribution in [2.24, 2.45) is 5.92 Å². The molecule has 0 atom stereocenters. The predicted molar refractivity (Wildman–Crippen MR) is 83.9 cm³/mol. The molecule has 1 fully saturated rings. The van der Waals surface area contributed by atoms with Crippen molar-refractivity contribution in [2.45, 2.75) is 31.9 Å². The third-order valence-electron chi connectivity index (χ3n) is 4.35. The van der Waals surface area contributed by atoms with Crippen molar-refractivity contribution in [2.75, 3.05) is 6.61 Å². The van der Waals surface area contributed by atoms with Crippen LogP contribution < -0.4 is 11.2 Å². The lowest BCUT2D eigenvalue weighted by atomic mass is 9.78. The molecule has 1 aliphatic rings. The van der Waals surface area contributed by atoms with Crippen LogP contribution in [0.1, 0.15) is 30.9 Å². The molecule has 0 spiro atoms. The topological polar surface area (TPSA) is 53.2 Å². The normalized spacial score (nSPS) is 20.2. The molecule has 23 heavy (non-hydrogen) atoms. The van der Waals surface area contributed by atoms with Gasteiger partial charge in [0, 0.05) is 24.9 Å². The summed E-state index contributed by atoms with van der Waals surface area (Å²) in [5, 5.41) is 0. The molecule has 1 aliphatic carbocycles. The van der Waals surface area contributed by atoms with E-state index in [1.54, 1.807) is 0 Å². The van der Waals surface area contributed by atoms with E-state index in [-0.39, 0.29) is 10.8 Å². The van der Waals surface area contributed by atoms with Crippen LogP contribution >= 0.6 is 0 Å². The Hall–Kier alpha value is -2.21. The molecule has 6 heteroatoms. The molecular weight excluding hydrogens is 299 g/mol. The highest BCUT2D eigenvalue weighted by Gasteiger charge is 2.31. The Bertz CT molecular complexity index is 763. The number of benzene rings is 1. The summed E-state index contributed by atoms with van der Waals surface area (Å²) in [5.74, 6) is 0.475. The first-order chi connectivity index (χ1) is 11.1. The number of aromatic nitrogens is 2. The number of hydrogen-bond acceptors (Lipinski definition) is 3. The van der Waals surface area contributed by atoms with Crippen LogP contribution in [-0.4, -0.2) is 16.0 Å². The van der Waals surface area contributed by atoms with E-state index >= 15 is 0 Å². The minimum absolute atomic E-state index is 0.0239. The number of rotatable bonds is 6. The first-order valence-corrected chi connectivity index (χ1v) is 7.77. The summed E-state index contributed by atoms with van der Waals surface area (Å²) >= 11 is 0. The number of hydrogen-bond donors (Lipinski definition) is 0. The Morgan fingerprint density at radius 3 is 2.61 bits per heavy atom. The summed E-state index contributed by atoms with van der Waals surface area (Å²) in [5.41, 5.74) is -0.659. The second kappa shape index (κ2) is 6.91. The molecule has 0 unspecified atom stereocenters. The third-order valence-corrected chi connectivity index (χ3v) is 4.35. The van der Waals surface area contributed by atoms with Crippen LogP contribution in [-0.2, 0) is 11.3 Å². The fourth-order valence-electron chi connectivity index (χ4n) is 2.92. The van der Waals surface area contributed by atoms with E-state index in [0.29, 0.717) is 19.1 Å². The molecule has 3 rings (SSSR count). The van der Waals surface area contributed by atoms with E-state index in [1.165, 1.54) is 10.8 Å². The fourth-order valence-corrected chi connectivity index (χ4v) is 2.92. The number of ether oxygens (including phenoxy) is 1. The van der Waals surface area contributed by atoms with Crippen molar-refractivity contribution in [3.8, 4) is 0 Å². The molecule has 2 aromatic rings. The molecule has 1 aromatic carbocycles. The maximum Gasteiger partial charge on any atom is 0.360 e. The molecule has 1 heterocycles. The van der Waals surface area contributed by atoms with Crippen molar-refractivity contribution in [3.05, 3.63) is 69.0 Å². The van der Waals surface area contributed by atoms with Gasteiger partial charge in [-0.05, 0) is 30.7 Å². The van der Waals surface area contributed by atoms with Crippen molar-refractivity contribution in [3.63, 3.8) is 0 Å². The van der Waals surface area contributed by atoms with Gasteiger partial charge in [0.25, 0.3) is 5.56 Å². The standard InChI is InChI=1S/C17H19FN2O3/c18-20-16(21)6-8-19(17(20)22)15-10-14(11-15)7-9-23-12-13-4-2-1-3-5-13/h1-6,8,14-15H,7,9-12H2. The van der Waals surface area contributed by atoms with Crippen LogP contribution in [0, 0.1) is 5.92 Å². The Kier molecular flexibility index (Phi) is 4.71. The van der Waals surface area contributed by atoms with Gasteiger partial charge in [-0.3, -0.25) is 9.36 Å². The molecule has 0 amide bonds. The third kappa shape index (κ3) is 3.59. The van der Waals surface area contributed by atoms with E-state index in [1.807, 2.05) is 30.3 Å². The zero-order valence-corrected chi connectivity index (χ0v) is 12.7. The van der Waals surface area contributed by atoms with Gasteiger partial charge in [0.2, 0.25) is 0 Å². The highest BCUT2D eigenvalue weighted by Crippen LogP contribution is 2.38. The molecule has 0 N–H and O–H groups in total. The van der Waals surface area contributed by atoms with E-state index in [4.69, 9.17) is 4.74 Å². The van der Waals surface area contributed by atoms with Crippen LogP contribution in [0.5, 0.6) is 0 Å². The summed E-state index contributed by atoms with van der Waals surface area (Å²) in [6, 6.07) is 11.0. The number of nitrogens with zero attached hydrogens (tertiary/aromatic N) is 2. The summed E-state index contributed by atoms with van der Waals surface area (Å²) in [4.78, 5) is 22.4. The quantitative estimate of drug-likeness (QED) is 0.768. The Balaban J connectivity index is 1.42. The van der Waals surface area contributed by atoms with Gasteiger partial charge in [-0.25, -0.2) is 4.79 Å². The first kappa shape index (κ1) is 15.7. The van der Waals surface area contributed by atoms with Gasteiger partial charge in [0.15, 0.2) is 0 Å². The summed E-state index contributed by atoms with van der Waals surface area (Å²) in [6.45, 7) is 1.27. The van der Waals surface area contributed by atoms with Gasteiger partial charge in [0.1, 0.15) is 0 Å². The molecule has 1 aromatic heterocycles. The van der Waals surface area contributed by atoms with Crippen LogP contribution in [0.3, 0.4) is 0 Å². The average molecular weight is 318 g/mol. The van der Waals surface area contributed by atoms with Crippen molar-refractivity contribution in [1.29, 1.82) is 0 Å². The molecule has 122 valence electrons. The average Bonchev–Trinajstić information content (AvgIpc) is 2.53. The van der Waals surface area contributed by atoms with Crippen molar-refractivity contribution < 1.29 is 9.22 Å². The van der Waals surface area contributed by atoms with Gasteiger partial charge in [-0.15, -0.1) is 0 Å². The maximum absolute atomic E-state index is 13.3. The SMILES string of the molecule is O=c1ccn(C2CC(CCOCc3ccccc3)C2)c(=O)n1F. The second-order valence-electron chi connectivity index (χ2n) is 5.94. The molecular formula is C17H19FN2O3. The largest absolute Gasteiger partial charge is 0.377 e. The smallest absolute Gasteiger partial charge is 0.360 e. The minimum Gasteiger partial charge on any atom is -0.377 e. The Labute approximate surface area is 132 Å². The van der Waals surface area contributed by atoms with Crippen LogP contribution in [0.4, 0.5) is 4.48 Å². The Morgan fingerprint density at radius 2 is 1.87 bits per heavy atom. The molecule has 0 radical (unpaired) electrons. The van der Waals surface area contributed by atoms with Gasteiger partial charge in [0.05, 0.1) is 6.61 Å². The molecule has 1 saturated carbocycles. The van der Waals surface area contributed by atoms with Gasteiger partial charge < -0.3 is 4.74 Å². The zero-order valence-electron chi connectivity index (χ0n) is 12.7. The maximum atomic E-state index is 13.3. The van der Waals surface area contributed by atoms with Crippen LogP contribution in [0.15, 0.2) is 52.2 Å². The first-order valence-electron chi connectivity index (χ1n) is 7.77. The van der Waals surface area contributed by atoms with E-state index < -0.39 is 11.2 Å². The lowest BCUT2D eigenvalue weighted by molar-refractivity contribution is 0.0785. The van der Waals surface area contributed by atoms with Crippen LogP contribution in [0.25, 0.3) is 0 Å². The van der Waals surface area contributed by atoms with Crippen LogP contribution in [0.2, 0.25) is 0 Å². The van der Waals surface area contributed by atoms with Gasteiger partial charge >= 0.3 is 5.69 Å². The molecule has 0 saturated heterocycles. The lowest BCUT2D eigenvalue weighted by Crippen LogP contribution is -2.40. The predicted octanol–water partition coefficient (Wildman–Crippen LogP) is 2.30. The molecule has 5 nitrogen and oxygen atoms in total. The van der Waals surface area contributed by atoms with E-state index in [9.17, 15) is 14.1 Å². The molecule has 0 aliphatic heterocycles. The van der Waals surface area contributed by atoms with Gasteiger partial charge in [-0.2, -0.15) is 0 Å². The minimum atomic E-state index is -0.920. The van der Waals surface area contributed by atoms with E-state index in [0.717, 1.165) is 30.9 Å². The van der Waals surface area contributed by atoms with Crippen molar-refractivity contribution in [1.82, 2.24) is 9.36 Å². The number of halogens is 1. The lowest BCUT2D eigenvalue weighted by Gasteiger charge is -2.36. The highest BCUT2D eigenvalue weighted by atomic mass is 19.2. The zero-order chi connectivity index (χ0) is 16.2. The Morgan fingerprint density at radius 1 is 1.13 bits per heavy atom.